The van der Waals surface area contributed by atoms with Crippen LogP contribution in [-0.4, -0.2) is 0 Å². The van der Waals surface area contributed by atoms with E-state index in [-0.39, 0.29) is 0 Å². The Labute approximate surface area is 142 Å². The summed E-state index contributed by atoms with van der Waals surface area (Å²) in [6.07, 6.45) is 6.26. The second kappa shape index (κ2) is 6.17. The molecule has 0 heteroatoms. The summed E-state index contributed by atoms with van der Waals surface area (Å²) >= 11 is 0. The van der Waals surface area contributed by atoms with Gasteiger partial charge in [-0.15, -0.1) is 0 Å². The van der Waals surface area contributed by atoms with Gasteiger partial charge in [0.15, 0.2) is 0 Å². The summed E-state index contributed by atoms with van der Waals surface area (Å²) in [7, 11) is 0. The van der Waals surface area contributed by atoms with E-state index >= 15 is 0 Å². The van der Waals surface area contributed by atoms with Crippen LogP contribution in [0.5, 0.6) is 0 Å². The van der Waals surface area contributed by atoms with Crippen molar-refractivity contribution in [2.75, 3.05) is 0 Å². The second-order valence-corrected chi connectivity index (χ2v) is 5.93. The predicted molar refractivity (Wildman–Crippen MR) is 107 cm³/mol. The van der Waals surface area contributed by atoms with E-state index in [0.717, 1.165) is 5.56 Å². The molecule has 0 nitrogen and oxygen atoms in total. The Balaban J connectivity index is 1.86. The van der Waals surface area contributed by atoms with Gasteiger partial charge >= 0.3 is 0 Å². The molecule has 0 spiro atoms. The van der Waals surface area contributed by atoms with Gasteiger partial charge in [0.25, 0.3) is 0 Å². The third kappa shape index (κ3) is 2.63. The lowest BCUT2D eigenvalue weighted by Gasteiger charge is -2.06. The van der Waals surface area contributed by atoms with Crippen LogP contribution >= 0.6 is 0 Å². The van der Waals surface area contributed by atoms with Gasteiger partial charge in [-0.05, 0) is 50.4 Å². The molecule has 0 amide bonds. The van der Waals surface area contributed by atoms with Crippen molar-refractivity contribution in [3.63, 3.8) is 0 Å². The average molecular weight is 306 g/mol. The van der Waals surface area contributed by atoms with Gasteiger partial charge in [0.1, 0.15) is 0 Å². The highest BCUT2D eigenvalue weighted by Crippen LogP contribution is 2.27. The second-order valence-electron chi connectivity index (χ2n) is 5.93. The summed E-state index contributed by atoms with van der Waals surface area (Å²) in [6.45, 7) is 3.90. The molecule has 4 aromatic rings. The van der Waals surface area contributed by atoms with Crippen LogP contribution in [0, 0.1) is 0 Å². The van der Waals surface area contributed by atoms with Crippen LogP contribution in [0.4, 0.5) is 0 Å². The molecular formula is C24H18. The molecule has 0 aliphatic rings. The van der Waals surface area contributed by atoms with Crippen LogP contribution < -0.4 is 0 Å². The molecule has 114 valence electrons. The summed E-state index contributed by atoms with van der Waals surface area (Å²) in [5.74, 6) is 0. The van der Waals surface area contributed by atoms with Gasteiger partial charge in [0.2, 0.25) is 0 Å². The first-order chi connectivity index (χ1) is 11.8. The first-order valence-corrected chi connectivity index (χ1v) is 8.16. The third-order valence-electron chi connectivity index (χ3n) is 4.44. The SMILES string of the molecule is C=Cc1ccccc1/C=C/c1cccc2cc3ccccc3cc12. The zero-order valence-corrected chi connectivity index (χ0v) is 13.4. The first kappa shape index (κ1) is 14.5. The molecule has 0 unspecified atom stereocenters. The van der Waals surface area contributed by atoms with Crippen LogP contribution in [0.25, 0.3) is 39.8 Å². The Hall–Kier alpha value is -3.12. The lowest BCUT2D eigenvalue weighted by Crippen LogP contribution is -1.82. The molecule has 24 heavy (non-hydrogen) atoms. The monoisotopic (exact) mass is 306 g/mol. The van der Waals surface area contributed by atoms with Crippen LogP contribution in [0.1, 0.15) is 16.7 Å². The van der Waals surface area contributed by atoms with E-state index < -0.39 is 0 Å². The fourth-order valence-electron chi connectivity index (χ4n) is 3.16. The Kier molecular flexibility index (Phi) is 3.72. The molecule has 0 aliphatic carbocycles. The van der Waals surface area contributed by atoms with E-state index in [2.05, 4.69) is 91.5 Å². The normalized spacial score (nSPS) is 11.3. The number of hydrogen-bond donors (Lipinski definition) is 0. The zero-order chi connectivity index (χ0) is 16.4. The number of benzene rings is 4. The fraction of sp³-hybridized carbons (Fsp3) is 0. The van der Waals surface area contributed by atoms with Gasteiger partial charge in [-0.1, -0.05) is 91.5 Å². The fourth-order valence-corrected chi connectivity index (χ4v) is 3.16. The van der Waals surface area contributed by atoms with Crippen molar-refractivity contribution < 1.29 is 0 Å². The lowest BCUT2D eigenvalue weighted by atomic mass is 9.98. The molecule has 0 saturated carbocycles. The molecule has 0 radical (unpaired) electrons. The maximum absolute atomic E-state index is 3.90. The summed E-state index contributed by atoms with van der Waals surface area (Å²) < 4.78 is 0. The van der Waals surface area contributed by atoms with Gasteiger partial charge in [0.05, 0.1) is 0 Å². The smallest absolute Gasteiger partial charge is 0.0105 e. The van der Waals surface area contributed by atoms with Crippen LogP contribution in [0.2, 0.25) is 0 Å². The zero-order valence-electron chi connectivity index (χ0n) is 13.4. The predicted octanol–water partition coefficient (Wildman–Crippen LogP) is 6.81. The van der Waals surface area contributed by atoms with Crippen molar-refractivity contribution in [2.45, 2.75) is 0 Å². The van der Waals surface area contributed by atoms with Crippen molar-refractivity contribution in [3.05, 3.63) is 102 Å². The van der Waals surface area contributed by atoms with E-state index in [4.69, 9.17) is 0 Å². The highest BCUT2D eigenvalue weighted by atomic mass is 14.1. The quantitative estimate of drug-likeness (QED) is 0.288. The Morgan fingerprint density at radius 3 is 1.92 bits per heavy atom. The van der Waals surface area contributed by atoms with E-state index in [1.165, 1.54) is 32.7 Å². The van der Waals surface area contributed by atoms with E-state index in [9.17, 15) is 0 Å². The first-order valence-electron chi connectivity index (χ1n) is 8.16. The van der Waals surface area contributed by atoms with Crippen molar-refractivity contribution in [3.8, 4) is 0 Å². The molecule has 0 aromatic heterocycles. The van der Waals surface area contributed by atoms with E-state index in [1.807, 2.05) is 12.1 Å². The molecule has 0 atom stereocenters. The van der Waals surface area contributed by atoms with Crippen molar-refractivity contribution >= 4 is 39.8 Å². The average Bonchev–Trinajstić information content (AvgIpc) is 2.65. The molecule has 0 bridgehead atoms. The molecule has 0 heterocycles. The third-order valence-corrected chi connectivity index (χ3v) is 4.44. The highest BCUT2D eigenvalue weighted by molar-refractivity contribution is 6.02. The molecule has 0 saturated heterocycles. The highest BCUT2D eigenvalue weighted by Gasteiger charge is 2.01. The maximum Gasteiger partial charge on any atom is -0.0105 e. The minimum atomic E-state index is 1.15. The van der Waals surface area contributed by atoms with Crippen molar-refractivity contribution in [1.82, 2.24) is 0 Å². The minimum Gasteiger partial charge on any atom is -0.0984 e. The van der Waals surface area contributed by atoms with Gasteiger partial charge in [-0.2, -0.15) is 0 Å². The summed E-state index contributed by atoms with van der Waals surface area (Å²) in [4.78, 5) is 0. The minimum absolute atomic E-state index is 1.15. The topological polar surface area (TPSA) is 0 Å². The standard InChI is InChI=1S/C24H18/c1-2-18-8-3-4-9-19(18)14-15-20-12-7-13-23-16-21-10-5-6-11-22(21)17-24(20)23/h2-17H,1H2/b15-14+. The van der Waals surface area contributed by atoms with Gasteiger partial charge in [0, 0.05) is 0 Å². The van der Waals surface area contributed by atoms with Crippen LogP contribution in [0.3, 0.4) is 0 Å². The number of hydrogen-bond acceptors (Lipinski definition) is 0. The summed E-state index contributed by atoms with van der Waals surface area (Å²) in [6, 6.07) is 27.8. The van der Waals surface area contributed by atoms with Gasteiger partial charge in [-0.25, -0.2) is 0 Å². The Bertz CT molecular complexity index is 1070. The molecule has 0 N–H and O–H groups in total. The summed E-state index contributed by atoms with van der Waals surface area (Å²) in [5.41, 5.74) is 3.57. The van der Waals surface area contributed by atoms with Crippen LogP contribution in [0.15, 0.2) is 85.4 Å². The Morgan fingerprint density at radius 2 is 1.12 bits per heavy atom. The largest absolute Gasteiger partial charge is 0.0984 e. The number of rotatable bonds is 3. The van der Waals surface area contributed by atoms with E-state index in [0.29, 0.717) is 0 Å². The van der Waals surface area contributed by atoms with Crippen molar-refractivity contribution in [2.24, 2.45) is 0 Å². The molecule has 4 aromatic carbocycles. The molecule has 4 rings (SSSR count). The van der Waals surface area contributed by atoms with Crippen molar-refractivity contribution in [1.29, 1.82) is 0 Å². The number of fused-ring (bicyclic) bond motifs is 2. The maximum atomic E-state index is 3.90. The van der Waals surface area contributed by atoms with Crippen LogP contribution in [-0.2, 0) is 0 Å². The lowest BCUT2D eigenvalue weighted by molar-refractivity contribution is 1.62. The molecule has 0 aliphatic heterocycles. The van der Waals surface area contributed by atoms with E-state index in [1.54, 1.807) is 0 Å². The molecule has 0 fully saturated rings. The Morgan fingerprint density at radius 1 is 0.542 bits per heavy atom. The van der Waals surface area contributed by atoms with Gasteiger partial charge in [-0.3, -0.25) is 0 Å². The van der Waals surface area contributed by atoms with Gasteiger partial charge < -0.3 is 0 Å². The molecular weight excluding hydrogens is 288 g/mol. The summed E-state index contributed by atoms with van der Waals surface area (Å²) in [5, 5.41) is 5.11.